The second-order valence-electron chi connectivity index (χ2n) is 6.67. The zero-order valence-electron chi connectivity index (χ0n) is 16.7. The van der Waals surface area contributed by atoms with Gasteiger partial charge in [0.2, 0.25) is 0 Å². The van der Waals surface area contributed by atoms with Crippen molar-refractivity contribution in [2.45, 2.75) is 19.9 Å². The van der Waals surface area contributed by atoms with Crippen molar-refractivity contribution in [1.82, 2.24) is 20.9 Å². The van der Waals surface area contributed by atoms with Gasteiger partial charge in [-0.3, -0.25) is 9.79 Å². The maximum Gasteiger partial charge on any atom is 0.251 e. The van der Waals surface area contributed by atoms with Gasteiger partial charge in [-0.1, -0.05) is 12.1 Å². The Balaban J connectivity index is 1.52. The van der Waals surface area contributed by atoms with Crippen LogP contribution in [0, 0.1) is 5.82 Å². The summed E-state index contributed by atoms with van der Waals surface area (Å²) in [5, 5.41) is 10.4. The minimum atomic E-state index is -0.245. The number of amides is 1. The fourth-order valence-corrected chi connectivity index (χ4v) is 3.17. The third kappa shape index (κ3) is 5.34. The number of benzene rings is 2. The summed E-state index contributed by atoms with van der Waals surface area (Å²) in [4.78, 5) is 19.3. The maximum atomic E-state index is 13.3. The fourth-order valence-electron chi connectivity index (χ4n) is 3.17. The van der Waals surface area contributed by atoms with Crippen molar-refractivity contribution in [3.05, 3.63) is 71.2 Å². The van der Waals surface area contributed by atoms with E-state index in [9.17, 15) is 9.18 Å². The maximum absolute atomic E-state index is 13.3. The molecule has 0 fully saturated rings. The van der Waals surface area contributed by atoms with Crippen LogP contribution >= 0.6 is 0 Å². The number of halogens is 1. The lowest BCUT2D eigenvalue weighted by molar-refractivity contribution is 0.0955. The molecule has 1 aromatic heterocycles. The van der Waals surface area contributed by atoms with E-state index in [2.05, 4.69) is 25.9 Å². The number of hydrogen-bond acceptors (Lipinski definition) is 2. The summed E-state index contributed by atoms with van der Waals surface area (Å²) in [7, 11) is 1.72. The molecule has 0 saturated heterocycles. The van der Waals surface area contributed by atoms with Gasteiger partial charge in [0.1, 0.15) is 5.82 Å². The van der Waals surface area contributed by atoms with Gasteiger partial charge >= 0.3 is 0 Å². The molecule has 0 radical (unpaired) electrons. The Bertz CT molecular complexity index is 1010. The number of H-pyrrole nitrogens is 1. The fraction of sp³-hybridized carbons (Fsp3) is 0.273. The van der Waals surface area contributed by atoms with E-state index in [1.807, 2.05) is 31.3 Å². The van der Waals surface area contributed by atoms with Crippen molar-refractivity contribution < 1.29 is 9.18 Å². The van der Waals surface area contributed by atoms with Crippen molar-refractivity contribution in [3.8, 4) is 0 Å². The van der Waals surface area contributed by atoms with Gasteiger partial charge in [0, 0.05) is 49.3 Å². The van der Waals surface area contributed by atoms with Crippen molar-refractivity contribution in [2.24, 2.45) is 4.99 Å². The first-order valence-electron chi connectivity index (χ1n) is 9.68. The number of hydrogen-bond donors (Lipinski definition) is 4. The molecule has 29 heavy (non-hydrogen) atoms. The molecule has 6 nitrogen and oxygen atoms in total. The van der Waals surface area contributed by atoms with Crippen LogP contribution in [-0.4, -0.2) is 37.0 Å². The Hall–Kier alpha value is -3.35. The number of aromatic amines is 1. The van der Waals surface area contributed by atoms with Gasteiger partial charge in [0.05, 0.1) is 0 Å². The first-order chi connectivity index (χ1) is 14.1. The third-order valence-corrected chi connectivity index (χ3v) is 4.63. The van der Waals surface area contributed by atoms with Crippen LogP contribution < -0.4 is 16.0 Å². The van der Waals surface area contributed by atoms with E-state index in [0.717, 1.165) is 28.5 Å². The Morgan fingerprint density at radius 2 is 2.00 bits per heavy atom. The van der Waals surface area contributed by atoms with Crippen molar-refractivity contribution in [2.75, 3.05) is 20.1 Å². The summed E-state index contributed by atoms with van der Waals surface area (Å²) in [6, 6.07) is 12.3. The second-order valence-corrected chi connectivity index (χ2v) is 6.67. The molecular weight excluding hydrogens is 369 g/mol. The highest BCUT2D eigenvalue weighted by atomic mass is 19.1. The molecule has 7 heteroatoms. The van der Waals surface area contributed by atoms with Crippen molar-refractivity contribution >= 4 is 22.8 Å². The molecule has 152 valence electrons. The van der Waals surface area contributed by atoms with Crippen molar-refractivity contribution in [1.29, 1.82) is 0 Å². The number of aliphatic imine (C=N–C) groups is 1. The summed E-state index contributed by atoms with van der Waals surface area (Å²) in [6.07, 6.45) is 2.69. The first-order valence-corrected chi connectivity index (χ1v) is 9.68. The predicted molar refractivity (Wildman–Crippen MR) is 115 cm³/mol. The summed E-state index contributed by atoms with van der Waals surface area (Å²) in [5.74, 6) is 0.361. The van der Waals surface area contributed by atoms with E-state index in [-0.39, 0.29) is 11.7 Å². The number of nitrogens with zero attached hydrogens (tertiary/aromatic N) is 1. The molecule has 4 N–H and O–H groups in total. The first kappa shape index (κ1) is 20.4. The average molecular weight is 395 g/mol. The van der Waals surface area contributed by atoms with Gasteiger partial charge < -0.3 is 20.9 Å². The normalized spacial score (nSPS) is 11.5. The number of guanidine groups is 1. The largest absolute Gasteiger partial charge is 0.361 e. The summed E-state index contributed by atoms with van der Waals surface area (Å²) in [5.41, 5.74) is 3.56. The number of nitrogens with one attached hydrogen (secondary N) is 4. The molecule has 2 aromatic carbocycles. The summed E-state index contributed by atoms with van der Waals surface area (Å²) < 4.78 is 13.3. The molecule has 0 saturated carbocycles. The minimum Gasteiger partial charge on any atom is -0.361 e. The second kappa shape index (κ2) is 9.73. The summed E-state index contributed by atoms with van der Waals surface area (Å²) in [6.45, 7) is 3.74. The van der Waals surface area contributed by atoms with E-state index in [4.69, 9.17) is 0 Å². The van der Waals surface area contributed by atoms with Crippen LogP contribution in [0.25, 0.3) is 10.9 Å². The van der Waals surface area contributed by atoms with Gasteiger partial charge in [0.25, 0.3) is 5.91 Å². The molecule has 0 aliphatic carbocycles. The average Bonchev–Trinajstić information content (AvgIpc) is 3.12. The number of carbonyl (C=O) groups excluding carboxylic acids is 1. The van der Waals surface area contributed by atoms with E-state index < -0.39 is 0 Å². The van der Waals surface area contributed by atoms with Gasteiger partial charge in [-0.2, -0.15) is 0 Å². The van der Waals surface area contributed by atoms with E-state index in [0.29, 0.717) is 31.2 Å². The zero-order valence-corrected chi connectivity index (χ0v) is 16.7. The van der Waals surface area contributed by atoms with E-state index >= 15 is 0 Å². The van der Waals surface area contributed by atoms with Crippen molar-refractivity contribution in [3.63, 3.8) is 0 Å². The molecule has 0 bridgehead atoms. The molecule has 0 aliphatic heterocycles. The van der Waals surface area contributed by atoms with E-state index in [1.54, 1.807) is 19.2 Å². The molecule has 0 aliphatic rings. The number of fused-ring (bicyclic) bond motifs is 1. The van der Waals surface area contributed by atoms with Crippen LogP contribution in [-0.2, 0) is 13.0 Å². The van der Waals surface area contributed by atoms with Crippen LogP contribution in [0.3, 0.4) is 0 Å². The van der Waals surface area contributed by atoms with Gasteiger partial charge in [-0.15, -0.1) is 0 Å². The number of aromatic nitrogens is 1. The molecule has 3 aromatic rings. The van der Waals surface area contributed by atoms with Crippen LogP contribution in [0.2, 0.25) is 0 Å². The number of rotatable bonds is 7. The summed E-state index contributed by atoms with van der Waals surface area (Å²) >= 11 is 0. The van der Waals surface area contributed by atoms with Gasteiger partial charge in [0.15, 0.2) is 5.96 Å². The quantitative estimate of drug-likeness (QED) is 0.367. The lowest BCUT2D eigenvalue weighted by atomic mass is 10.1. The molecule has 0 spiro atoms. The Morgan fingerprint density at radius 1 is 1.14 bits per heavy atom. The highest BCUT2D eigenvalue weighted by molar-refractivity contribution is 5.94. The lowest BCUT2D eigenvalue weighted by Crippen LogP contribution is -2.37. The minimum absolute atomic E-state index is 0.0736. The highest BCUT2D eigenvalue weighted by Crippen LogP contribution is 2.19. The smallest absolute Gasteiger partial charge is 0.251 e. The van der Waals surface area contributed by atoms with Gasteiger partial charge in [-0.05, 0) is 54.8 Å². The monoisotopic (exact) mass is 395 g/mol. The molecule has 1 heterocycles. The molecule has 3 rings (SSSR count). The molecule has 0 atom stereocenters. The third-order valence-electron chi connectivity index (χ3n) is 4.63. The topological polar surface area (TPSA) is 81.3 Å². The SMILES string of the molecule is CCNC(=O)c1cccc(CNC(=NC)NCCc2c[nH]c3cc(F)ccc23)c1. The predicted octanol–water partition coefficient (Wildman–Crippen LogP) is 2.96. The molecule has 0 unspecified atom stereocenters. The Labute approximate surface area is 169 Å². The lowest BCUT2D eigenvalue weighted by Gasteiger charge is -2.12. The Morgan fingerprint density at radius 3 is 2.79 bits per heavy atom. The van der Waals surface area contributed by atoms with E-state index in [1.165, 1.54) is 12.1 Å². The molecule has 1 amide bonds. The van der Waals surface area contributed by atoms with Crippen LogP contribution in [0.15, 0.2) is 53.7 Å². The standard InChI is InChI=1S/C22H26FN5O/c1-3-25-21(29)16-6-4-5-15(11-16)13-28-22(24-2)26-10-9-17-14-27-20-12-18(23)7-8-19(17)20/h4-8,11-12,14,27H,3,9-10,13H2,1-2H3,(H,25,29)(H2,24,26,28). The number of carbonyl (C=O) groups is 1. The molecular formula is C22H26FN5O. The van der Waals surface area contributed by atoms with Gasteiger partial charge in [-0.25, -0.2) is 4.39 Å². The van der Waals surface area contributed by atoms with Crippen LogP contribution in [0.5, 0.6) is 0 Å². The van der Waals surface area contributed by atoms with Crippen LogP contribution in [0.4, 0.5) is 4.39 Å². The van der Waals surface area contributed by atoms with Crippen LogP contribution in [0.1, 0.15) is 28.4 Å². The Kier molecular flexibility index (Phi) is 6.84. The zero-order chi connectivity index (χ0) is 20.6. The highest BCUT2D eigenvalue weighted by Gasteiger charge is 2.07.